The molecule has 0 saturated heterocycles. The van der Waals surface area contributed by atoms with Gasteiger partial charge in [0.15, 0.2) is 0 Å². The van der Waals surface area contributed by atoms with E-state index in [2.05, 4.69) is 10.8 Å². The summed E-state index contributed by atoms with van der Waals surface area (Å²) in [6.07, 6.45) is 1.47. The van der Waals surface area contributed by atoms with Gasteiger partial charge >= 0.3 is 5.97 Å². The molecule has 0 bridgehead atoms. The Hall–Kier alpha value is -2.22. The summed E-state index contributed by atoms with van der Waals surface area (Å²) in [5.74, 6) is 0.0307. The van der Waals surface area contributed by atoms with E-state index in [-0.39, 0.29) is 5.41 Å². The van der Waals surface area contributed by atoms with E-state index >= 15 is 0 Å². The number of nitrogens with two attached hydrogens (primary N) is 1. The fraction of sp³-hybridized carbons (Fsp3) is 0.467. The van der Waals surface area contributed by atoms with Crippen molar-refractivity contribution in [1.29, 1.82) is 5.26 Å². The second-order valence-electron chi connectivity index (χ2n) is 5.19. The van der Waals surface area contributed by atoms with Gasteiger partial charge in [-0.05, 0) is 44.9 Å². The summed E-state index contributed by atoms with van der Waals surface area (Å²) in [4.78, 5) is 11.4. The lowest BCUT2D eigenvalue weighted by atomic mass is 9.90. The Morgan fingerprint density at radius 1 is 1.45 bits per heavy atom. The summed E-state index contributed by atoms with van der Waals surface area (Å²) < 4.78 is 10.2. The van der Waals surface area contributed by atoms with E-state index in [1.54, 1.807) is 18.2 Å². The molecule has 0 aromatic heterocycles. The van der Waals surface area contributed by atoms with Crippen LogP contribution in [0.1, 0.15) is 37.0 Å². The molecule has 0 aliphatic carbocycles. The Balaban J connectivity index is 2.60. The molecule has 1 aromatic rings. The van der Waals surface area contributed by atoms with Crippen molar-refractivity contribution in [1.82, 2.24) is 0 Å². The van der Waals surface area contributed by atoms with Crippen molar-refractivity contribution in [3.63, 3.8) is 0 Å². The number of ether oxygens (including phenoxy) is 2. The molecule has 0 radical (unpaired) electrons. The number of nitrogen functional groups attached to an aromatic ring is 1. The fourth-order valence-electron chi connectivity index (χ4n) is 1.66. The van der Waals surface area contributed by atoms with Crippen LogP contribution in [0.3, 0.4) is 0 Å². The fourth-order valence-corrected chi connectivity index (χ4v) is 1.66. The minimum absolute atomic E-state index is 0.358. The topological polar surface area (TPSA) is 85.3 Å². The van der Waals surface area contributed by atoms with E-state index in [1.165, 1.54) is 7.11 Å². The van der Waals surface area contributed by atoms with E-state index in [4.69, 9.17) is 15.7 Å². The molecule has 0 amide bonds. The molecule has 0 spiro atoms. The van der Waals surface area contributed by atoms with Crippen molar-refractivity contribution in [2.24, 2.45) is 5.41 Å². The number of esters is 1. The van der Waals surface area contributed by atoms with Gasteiger partial charge in [-0.25, -0.2) is 4.79 Å². The van der Waals surface area contributed by atoms with Gasteiger partial charge in [0.1, 0.15) is 5.75 Å². The van der Waals surface area contributed by atoms with Gasteiger partial charge in [0.2, 0.25) is 0 Å². The van der Waals surface area contributed by atoms with Crippen molar-refractivity contribution in [2.45, 2.75) is 26.7 Å². The lowest BCUT2D eigenvalue weighted by Crippen LogP contribution is -2.10. The monoisotopic (exact) mass is 276 g/mol. The highest BCUT2D eigenvalue weighted by Gasteiger charge is 2.16. The molecule has 0 unspecified atom stereocenters. The Labute approximate surface area is 119 Å². The van der Waals surface area contributed by atoms with Crippen LogP contribution in [0, 0.1) is 16.7 Å². The molecule has 0 atom stereocenters. The van der Waals surface area contributed by atoms with Crippen molar-refractivity contribution in [3.05, 3.63) is 23.8 Å². The van der Waals surface area contributed by atoms with Crippen molar-refractivity contribution in [3.8, 4) is 11.8 Å². The minimum atomic E-state index is -0.430. The number of anilines is 1. The normalized spacial score (nSPS) is 10.7. The van der Waals surface area contributed by atoms with Crippen LogP contribution in [0.15, 0.2) is 18.2 Å². The van der Waals surface area contributed by atoms with Crippen LogP contribution in [0.5, 0.6) is 5.75 Å². The highest BCUT2D eigenvalue weighted by molar-refractivity contribution is 5.90. The van der Waals surface area contributed by atoms with Crippen LogP contribution in [-0.4, -0.2) is 19.7 Å². The number of hydrogen-bond donors (Lipinski definition) is 1. The second kappa shape index (κ2) is 6.80. The molecule has 1 rings (SSSR count). The molecular formula is C15H20N2O3. The quantitative estimate of drug-likeness (QED) is 0.490. The molecule has 5 nitrogen and oxygen atoms in total. The molecule has 2 N–H and O–H groups in total. The Morgan fingerprint density at radius 3 is 2.75 bits per heavy atom. The van der Waals surface area contributed by atoms with E-state index in [9.17, 15) is 4.79 Å². The summed E-state index contributed by atoms with van der Waals surface area (Å²) in [6.45, 7) is 4.22. The molecule has 0 aliphatic rings. The van der Waals surface area contributed by atoms with Gasteiger partial charge in [-0.1, -0.05) is 0 Å². The second-order valence-corrected chi connectivity index (χ2v) is 5.19. The van der Waals surface area contributed by atoms with Gasteiger partial charge in [-0.2, -0.15) is 5.26 Å². The van der Waals surface area contributed by atoms with Gasteiger partial charge < -0.3 is 15.2 Å². The van der Waals surface area contributed by atoms with Gasteiger partial charge in [0, 0.05) is 0 Å². The molecule has 108 valence electrons. The summed E-state index contributed by atoms with van der Waals surface area (Å²) in [6, 6.07) is 7.01. The van der Waals surface area contributed by atoms with Crippen molar-refractivity contribution >= 4 is 11.7 Å². The predicted octanol–water partition coefficient (Wildman–Crippen LogP) is 2.76. The Bertz CT molecular complexity index is 518. The first kappa shape index (κ1) is 15.8. The standard InChI is InChI=1S/C15H20N2O3/c1-15(2,10-16)7-4-8-20-13-9-11(14(18)19-3)5-6-12(13)17/h5-6,9H,4,7-8,17H2,1-3H3. The van der Waals surface area contributed by atoms with Crippen LogP contribution in [0.2, 0.25) is 0 Å². The molecule has 20 heavy (non-hydrogen) atoms. The molecule has 0 aliphatic heterocycles. The van der Waals surface area contributed by atoms with E-state index < -0.39 is 5.97 Å². The first-order valence-corrected chi connectivity index (χ1v) is 6.41. The zero-order valence-electron chi connectivity index (χ0n) is 12.1. The highest BCUT2D eigenvalue weighted by atomic mass is 16.5. The molecular weight excluding hydrogens is 256 g/mol. The van der Waals surface area contributed by atoms with Gasteiger partial charge in [-0.3, -0.25) is 0 Å². The average Bonchev–Trinajstić information content (AvgIpc) is 2.44. The number of nitriles is 1. The van der Waals surface area contributed by atoms with Crippen LogP contribution in [0.4, 0.5) is 5.69 Å². The van der Waals surface area contributed by atoms with Crippen LogP contribution in [0.25, 0.3) is 0 Å². The Kier molecular flexibility index (Phi) is 5.39. The number of nitrogens with zero attached hydrogens (tertiary/aromatic N) is 1. The third-order valence-corrected chi connectivity index (χ3v) is 2.94. The lowest BCUT2D eigenvalue weighted by molar-refractivity contribution is 0.0600. The highest BCUT2D eigenvalue weighted by Crippen LogP contribution is 2.25. The summed E-state index contributed by atoms with van der Waals surface area (Å²) in [5.41, 5.74) is 6.30. The molecule has 0 saturated carbocycles. The molecule has 0 heterocycles. The van der Waals surface area contributed by atoms with Crippen LogP contribution >= 0.6 is 0 Å². The zero-order chi connectivity index (χ0) is 15.2. The molecule has 5 heteroatoms. The number of hydrogen-bond acceptors (Lipinski definition) is 5. The van der Waals surface area contributed by atoms with Crippen LogP contribution < -0.4 is 10.5 Å². The first-order chi connectivity index (χ1) is 9.39. The number of rotatable bonds is 6. The largest absolute Gasteiger partial charge is 0.491 e. The van der Waals surface area contributed by atoms with Crippen molar-refractivity contribution in [2.75, 3.05) is 19.5 Å². The zero-order valence-corrected chi connectivity index (χ0v) is 12.1. The number of carbonyl (C=O) groups excluding carboxylic acids is 1. The van der Waals surface area contributed by atoms with E-state index in [1.807, 2.05) is 13.8 Å². The number of methoxy groups -OCH3 is 1. The van der Waals surface area contributed by atoms with Crippen molar-refractivity contribution < 1.29 is 14.3 Å². The van der Waals surface area contributed by atoms with Gasteiger partial charge in [0.05, 0.1) is 36.5 Å². The number of carbonyl (C=O) groups is 1. The van der Waals surface area contributed by atoms with E-state index in [0.29, 0.717) is 23.6 Å². The van der Waals surface area contributed by atoms with Gasteiger partial charge in [-0.15, -0.1) is 0 Å². The summed E-state index contributed by atoms with van der Waals surface area (Å²) in [5, 5.41) is 8.92. The molecule has 1 aromatic carbocycles. The SMILES string of the molecule is COC(=O)c1ccc(N)c(OCCCC(C)(C)C#N)c1. The average molecular weight is 276 g/mol. The minimum Gasteiger partial charge on any atom is -0.491 e. The van der Waals surface area contributed by atoms with E-state index in [0.717, 1.165) is 12.8 Å². The predicted molar refractivity (Wildman–Crippen MR) is 76.3 cm³/mol. The number of benzene rings is 1. The first-order valence-electron chi connectivity index (χ1n) is 6.41. The maximum Gasteiger partial charge on any atom is 0.337 e. The maximum absolute atomic E-state index is 11.4. The summed E-state index contributed by atoms with van der Waals surface area (Å²) >= 11 is 0. The van der Waals surface area contributed by atoms with Crippen LogP contribution in [-0.2, 0) is 4.74 Å². The third-order valence-electron chi connectivity index (χ3n) is 2.94. The summed E-state index contributed by atoms with van der Waals surface area (Å²) in [7, 11) is 1.32. The smallest absolute Gasteiger partial charge is 0.337 e. The third kappa shape index (κ3) is 4.47. The van der Waals surface area contributed by atoms with Gasteiger partial charge in [0.25, 0.3) is 0 Å². The molecule has 0 fully saturated rings. The lowest BCUT2D eigenvalue weighted by Gasteiger charge is -2.15. The Morgan fingerprint density at radius 2 is 2.15 bits per heavy atom. The maximum atomic E-state index is 11.4.